The highest BCUT2D eigenvalue weighted by Crippen LogP contribution is 2.53. The van der Waals surface area contributed by atoms with Crippen LogP contribution in [-0.2, 0) is 10.0 Å². The van der Waals surface area contributed by atoms with E-state index in [1.54, 1.807) is 23.5 Å². The lowest BCUT2D eigenvalue weighted by Crippen LogP contribution is -2.29. The molecule has 4 nitrogen and oxygen atoms in total. The first-order chi connectivity index (χ1) is 11.4. The lowest BCUT2D eigenvalue weighted by molar-refractivity contribution is 0.428. The molecule has 0 saturated carbocycles. The number of halogens is 2. The second-order valence-corrected chi connectivity index (χ2v) is 10.2. The molecule has 1 aliphatic carbocycles. The summed E-state index contributed by atoms with van der Waals surface area (Å²) in [6.07, 6.45) is 5.32. The molecule has 3 N–H and O–H groups in total. The molecule has 0 unspecified atom stereocenters. The van der Waals surface area contributed by atoms with Gasteiger partial charge in [0.2, 0.25) is 10.0 Å². The summed E-state index contributed by atoms with van der Waals surface area (Å²) >= 11 is 8.94. The van der Waals surface area contributed by atoms with Crippen LogP contribution in [0.1, 0.15) is 28.8 Å². The van der Waals surface area contributed by atoms with Crippen molar-refractivity contribution in [3.63, 3.8) is 0 Å². The number of fused-ring (bicyclic) bond motifs is 3. The molecule has 24 heavy (non-hydrogen) atoms. The summed E-state index contributed by atoms with van der Waals surface area (Å²) in [5.41, 5.74) is 1.97. The normalized spacial score (nSPS) is 25.2. The van der Waals surface area contributed by atoms with Crippen LogP contribution in [0.4, 0.5) is 5.69 Å². The average Bonchev–Trinajstić information content (AvgIpc) is 3.14. The van der Waals surface area contributed by atoms with Gasteiger partial charge in [-0.2, -0.15) is 0 Å². The van der Waals surface area contributed by atoms with Crippen molar-refractivity contribution in [1.82, 2.24) is 0 Å². The maximum absolute atomic E-state index is 11.7. The van der Waals surface area contributed by atoms with Gasteiger partial charge in [0.15, 0.2) is 0 Å². The molecule has 4 rings (SSSR count). The van der Waals surface area contributed by atoms with E-state index in [-0.39, 0.29) is 16.9 Å². The summed E-state index contributed by atoms with van der Waals surface area (Å²) < 4.78 is 25.5. The Kier molecular flexibility index (Phi) is 4.16. The third kappa shape index (κ3) is 2.68. The van der Waals surface area contributed by atoms with Gasteiger partial charge in [0.1, 0.15) is 0 Å². The highest BCUT2D eigenvalue weighted by Gasteiger charge is 2.39. The standard InChI is InChI=1S/C16H14Br2N2O2S2/c17-12-7-23-16(14(12)18)15-10-3-1-2-9(10)11-6-8(24(19,21)22)4-5-13(11)20-15/h1-2,4-7,9-10,15,20H,3H2,(H2,19,21,22)/t9-,10+,15-/m0/s1. The van der Waals surface area contributed by atoms with Crippen LogP contribution in [0.2, 0.25) is 0 Å². The van der Waals surface area contributed by atoms with E-state index in [9.17, 15) is 8.42 Å². The Bertz CT molecular complexity index is 953. The first-order valence-electron chi connectivity index (χ1n) is 7.38. The number of hydrogen-bond donors (Lipinski definition) is 2. The van der Waals surface area contributed by atoms with E-state index in [4.69, 9.17) is 5.14 Å². The molecule has 0 spiro atoms. The molecule has 126 valence electrons. The number of allylic oxidation sites excluding steroid dienone is 2. The van der Waals surface area contributed by atoms with Gasteiger partial charge in [0.25, 0.3) is 0 Å². The molecule has 1 aromatic heterocycles. The van der Waals surface area contributed by atoms with Crippen molar-refractivity contribution in [2.75, 3.05) is 5.32 Å². The molecular weight excluding hydrogens is 476 g/mol. The Morgan fingerprint density at radius 2 is 2.08 bits per heavy atom. The van der Waals surface area contributed by atoms with Crippen molar-refractivity contribution in [2.45, 2.75) is 23.3 Å². The van der Waals surface area contributed by atoms with Gasteiger partial charge < -0.3 is 5.32 Å². The molecule has 1 aliphatic heterocycles. The lowest BCUT2D eigenvalue weighted by atomic mass is 9.79. The largest absolute Gasteiger partial charge is 0.377 e. The first-order valence-corrected chi connectivity index (χ1v) is 11.4. The second kappa shape index (κ2) is 5.95. The maximum Gasteiger partial charge on any atom is 0.238 e. The Hall–Kier alpha value is -0.670. The zero-order valence-corrected chi connectivity index (χ0v) is 17.2. The van der Waals surface area contributed by atoms with E-state index in [1.807, 2.05) is 6.07 Å². The second-order valence-electron chi connectivity index (χ2n) is 6.03. The van der Waals surface area contributed by atoms with Gasteiger partial charge >= 0.3 is 0 Å². The van der Waals surface area contributed by atoms with Gasteiger partial charge in [-0.15, -0.1) is 11.3 Å². The van der Waals surface area contributed by atoms with Crippen LogP contribution in [-0.4, -0.2) is 8.42 Å². The van der Waals surface area contributed by atoms with Gasteiger partial charge in [-0.25, -0.2) is 13.6 Å². The summed E-state index contributed by atoms with van der Waals surface area (Å²) in [5, 5.41) is 11.0. The van der Waals surface area contributed by atoms with Crippen LogP contribution in [0, 0.1) is 5.92 Å². The predicted molar refractivity (Wildman–Crippen MR) is 104 cm³/mol. The molecule has 3 atom stereocenters. The van der Waals surface area contributed by atoms with Crippen molar-refractivity contribution >= 4 is 58.9 Å². The van der Waals surface area contributed by atoms with Gasteiger partial charge in [-0.05, 0) is 68.0 Å². The topological polar surface area (TPSA) is 72.2 Å². The highest BCUT2D eigenvalue weighted by atomic mass is 79.9. The smallest absolute Gasteiger partial charge is 0.238 e. The summed E-state index contributed by atoms with van der Waals surface area (Å²) in [6.45, 7) is 0. The predicted octanol–water partition coefficient (Wildman–Crippen LogP) is 4.75. The lowest BCUT2D eigenvalue weighted by Gasteiger charge is -2.37. The van der Waals surface area contributed by atoms with E-state index in [1.165, 1.54) is 4.88 Å². The third-order valence-electron chi connectivity index (χ3n) is 4.66. The number of primary sulfonamides is 1. The Balaban J connectivity index is 1.82. The average molecular weight is 490 g/mol. The molecule has 2 aliphatic rings. The number of rotatable bonds is 2. The fourth-order valence-corrected chi connectivity index (χ4v) is 6.46. The van der Waals surface area contributed by atoms with Crippen LogP contribution in [0.15, 0.2) is 49.6 Å². The number of hydrogen-bond acceptors (Lipinski definition) is 4. The van der Waals surface area contributed by atoms with E-state index < -0.39 is 10.0 Å². The third-order valence-corrected chi connectivity index (χ3v) is 9.21. The molecule has 0 fully saturated rings. The van der Waals surface area contributed by atoms with Crippen molar-refractivity contribution in [3.8, 4) is 0 Å². The molecule has 8 heteroatoms. The van der Waals surface area contributed by atoms with Gasteiger partial charge in [-0.3, -0.25) is 0 Å². The summed E-state index contributed by atoms with van der Waals surface area (Å²) in [5.74, 6) is 0.552. The van der Waals surface area contributed by atoms with Crippen LogP contribution in [0.3, 0.4) is 0 Å². The Morgan fingerprint density at radius 3 is 2.75 bits per heavy atom. The molecule has 1 aromatic carbocycles. The Morgan fingerprint density at radius 1 is 1.29 bits per heavy atom. The number of nitrogens with two attached hydrogens (primary N) is 1. The van der Waals surface area contributed by atoms with E-state index in [0.717, 1.165) is 26.6 Å². The molecular formula is C16H14Br2N2O2S2. The van der Waals surface area contributed by atoms with Crippen LogP contribution < -0.4 is 10.5 Å². The molecule has 2 aromatic rings. The quantitative estimate of drug-likeness (QED) is 0.598. The van der Waals surface area contributed by atoms with Crippen molar-refractivity contribution < 1.29 is 8.42 Å². The minimum atomic E-state index is -3.70. The number of benzene rings is 1. The van der Waals surface area contributed by atoms with Crippen molar-refractivity contribution in [1.29, 1.82) is 0 Å². The Labute approximate surface area is 161 Å². The number of thiophene rings is 1. The maximum atomic E-state index is 11.7. The van der Waals surface area contributed by atoms with Gasteiger partial charge in [0.05, 0.1) is 10.9 Å². The molecule has 0 saturated heterocycles. The zero-order chi connectivity index (χ0) is 17.1. The van der Waals surface area contributed by atoms with E-state index >= 15 is 0 Å². The minimum Gasteiger partial charge on any atom is -0.377 e. The minimum absolute atomic E-state index is 0.167. The van der Waals surface area contributed by atoms with E-state index in [0.29, 0.717) is 5.92 Å². The SMILES string of the molecule is NS(=O)(=O)c1ccc2c(c1)[C@H]1C=CC[C@H]1[C@@H](c1scc(Br)c1Br)N2. The summed E-state index contributed by atoms with van der Waals surface area (Å²) in [6, 6.07) is 5.28. The van der Waals surface area contributed by atoms with Crippen LogP contribution >= 0.6 is 43.2 Å². The van der Waals surface area contributed by atoms with Crippen molar-refractivity contribution in [2.24, 2.45) is 11.1 Å². The molecule has 0 bridgehead atoms. The number of anilines is 1. The fourth-order valence-electron chi connectivity index (χ4n) is 3.56. The fraction of sp³-hybridized carbons (Fsp3) is 0.250. The summed E-state index contributed by atoms with van der Waals surface area (Å²) in [4.78, 5) is 1.42. The molecule has 0 amide bonds. The first kappa shape index (κ1) is 16.8. The molecule has 0 radical (unpaired) electrons. The number of nitrogens with one attached hydrogen (secondary N) is 1. The number of sulfonamides is 1. The van der Waals surface area contributed by atoms with Crippen molar-refractivity contribution in [3.05, 3.63) is 55.1 Å². The molecule has 2 heterocycles. The summed E-state index contributed by atoms with van der Waals surface area (Å²) in [7, 11) is -3.70. The highest BCUT2D eigenvalue weighted by molar-refractivity contribution is 9.13. The van der Waals surface area contributed by atoms with E-state index in [2.05, 4.69) is 54.7 Å². The van der Waals surface area contributed by atoms with Gasteiger partial charge in [0, 0.05) is 30.8 Å². The van der Waals surface area contributed by atoms with Crippen LogP contribution in [0.5, 0.6) is 0 Å². The monoisotopic (exact) mass is 488 g/mol. The van der Waals surface area contributed by atoms with Gasteiger partial charge in [-0.1, -0.05) is 12.2 Å². The van der Waals surface area contributed by atoms with Crippen LogP contribution in [0.25, 0.3) is 0 Å². The zero-order valence-electron chi connectivity index (χ0n) is 12.4.